The summed E-state index contributed by atoms with van der Waals surface area (Å²) in [6, 6.07) is 3.86. The minimum Gasteiger partial charge on any atom is -0.497 e. The zero-order valence-corrected chi connectivity index (χ0v) is 11.4. The number of benzene rings is 1. The van der Waals surface area contributed by atoms with E-state index in [2.05, 4.69) is 15.5 Å². The van der Waals surface area contributed by atoms with Crippen LogP contribution in [0.5, 0.6) is 5.75 Å². The molecule has 0 aliphatic heterocycles. The number of hydrogen-bond donors (Lipinski definition) is 1. The molecule has 1 aromatic heterocycles. The Balaban J connectivity index is 2.14. The third-order valence-electron chi connectivity index (χ3n) is 2.80. The highest BCUT2D eigenvalue weighted by Gasteiger charge is 2.40. The third kappa shape index (κ3) is 3.94. The summed E-state index contributed by atoms with van der Waals surface area (Å²) >= 11 is 0. The van der Waals surface area contributed by atoms with Crippen molar-refractivity contribution >= 4 is 0 Å². The van der Waals surface area contributed by atoms with Crippen LogP contribution in [0, 0.1) is 6.92 Å². The van der Waals surface area contributed by atoms with Crippen molar-refractivity contribution in [3.8, 4) is 5.75 Å². The summed E-state index contributed by atoms with van der Waals surface area (Å²) in [6.07, 6.45) is -4.44. The van der Waals surface area contributed by atoms with E-state index in [4.69, 9.17) is 9.26 Å². The molecule has 21 heavy (non-hydrogen) atoms. The smallest absolute Gasteiger partial charge is 0.407 e. The van der Waals surface area contributed by atoms with E-state index in [0.717, 1.165) is 0 Å². The number of methoxy groups -OCH3 is 1. The molecule has 0 saturated heterocycles. The molecule has 2 aromatic rings. The van der Waals surface area contributed by atoms with Crippen molar-refractivity contribution < 1.29 is 22.4 Å². The molecule has 5 nitrogen and oxygen atoms in total. The number of nitrogens with zero attached hydrogens (tertiary/aromatic N) is 2. The zero-order valence-electron chi connectivity index (χ0n) is 11.4. The van der Waals surface area contributed by atoms with E-state index in [-0.39, 0.29) is 18.0 Å². The molecule has 0 bridgehead atoms. The molecule has 2 rings (SSSR count). The molecule has 8 heteroatoms. The van der Waals surface area contributed by atoms with Crippen LogP contribution in [-0.2, 0) is 6.54 Å². The van der Waals surface area contributed by atoms with Gasteiger partial charge in [0.05, 0.1) is 13.7 Å². The van der Waals surface area contributed by atoms with Gasteiger partial charge in [-0.15, -0.1) is 0 Å². The van der Waals surface area contributed by atoms with Gasteiger partial charge in [-0.1, -0.05) is 17.3 Å². The minimum absolute atomic E-state index is 0.0829. The number of ether oxygens (including phenoxy) is 1. The topological polar surface area (TPSA) is 60.2 Å². The fourth-order valence-electron chi connectivity index (χ4n) is 1.82. The predicted molar refractivity (Wildman–Crippen MR) is 67.7 cm³/mol. The van der Waals surface area contributed by atoms with Gasteiger partial charge in [-0.25, -0.2) is 0 Å². The number of hydrogen-bond acceptors (Lipinski definition) is 5. The molecule has 0 unspecified atom stereocenters. The lowest BCUT2D eigenvalue weighted by molar-refractivity contribution is -0.158. The van der Waals surface area contributed by atoms with Gasteiger partial charge in [0, 0.05) is 0 Å². The van der Waals surface area contributed by atoms with Crippen LogP contribution in [0.25, 0.3) is 0 Å². The first-order chi connectivity index (χ1) is 9.90. The maximum absolute atomic E-state index is 13.1. The normalized spacial score (nSPS) is 13.2. The Morgan fingerprint density at radius 2 is 1.95 bits per heavy atom. The van der Waals surface area contributed by atoms with Crippen LogP contribution in [-0.4, -0.2) is 23.4 Å². The fourth-order valence-corrected chi connectivity index (χ4v) is 1.82. The van der Waals surface area contributed by atoms with Crippen molar-refractivity contribution in [3.63, 3.8) is 0 Å². The standard InChI is InChI=1S/C13H14F3N3O2/c1-8-18-11(21-19-8)7-17-12(13(14,15)16)9-3-5-10(20-2)6-4-9/h3-6,12,17H,7H2,1-2H3/t12-/m1/s1. The highest BCUT2D eigenvalue weighted by atomic mass is 19.4. The second-order valence-electron chi connectivity index (χ2n) is 4.36. The van der Waals surface area contributed by atoms with Crippen LogP contribution in [0.1, 0.15) is 23.3 Å². The molecule has 0 spiro atoms. The van der Waals surface area contributed by atoms with Gasteiger partial charge in [0.1, 0.15) is 11.8 Å². The van der Waals surface area contributed by atoms with Crippen LogP contribution in [0.4, 0.5) is 13.2 Å². The first kappa shape index (κ1) is 15.3. The third-order valence-corrected chi connectivity index (χ3v) is 2.80. The van der Waals surface area contributed by atoms with Crippen LogP contribution in [0.15, 0.2) is 28.8 Å². The average molecular weight is 301 g/mol. The average Bonchev–Trinajstić information content (AvgIpc) is 2.84. The number of aromatic nitrogens is 2. The molecule has 0 amide bonds. The SMILES string of the molecule is COc1ccc([C@@H](NCc2nc(C)no2)C(F)(F)F)cc1. The summed E-state index contributed by atoms with van der Waals surface area (Å²) in [6.45, 7) is 1.43. The van der Waals surface area contributed by atoms with E-state index in [1.165, 1.54) is 31.4 Å². The molecule has 0 saturated carbocycles. The Bertz CT molecular complexity index is 581. The van der Waals surface area contributed by atoms with E-state index in [1.807, 2.05) is 0 Å². The second-order valence-corrected chi connectivity index (χ2v) is 4.36. The molecule has 114 valence electrons. The lowest BCUT2D eigenvalue weighted by Gasteiger charge is -2.21. The zero-order chi connectivity index (χ0) is 15.5. The monoisotopic (exact) mass is 301 g/mol. The summed E-state index contributed by atoms with van der Waals surface area (Å²) in [5.74, 6) is 0.974. The number of rotatable bonds is 5. The van der Waals surface area contributed by atoms with Crippen LogP contribution in [0.2, 0.25) is 0 Å². The Hall–Kier alpha value is -2.09. The van der Waals surface area contributed by atoms with Gasteiger partial charge in [0.25, 0.3) is 0 Å². The number of aryl methyl sites for hydroxylation is 1. The molecule has 0 aliphatic carbocycles. The van der Waals surface area contributed by atoms with Crippen LogP contribution in [0.3, 0.4) is 0 Å². The lowest BCUT2D eigenvalue weighted by Crippen LogP contribution is -2.33. The number of nitrogens with one attached hydrogen (secondary N) is 1. The Morgan fingerprint density at radius 1 is 1.29 bits per heavy atom. The number of halogens is 3. The Morgan fingerprint density at radius 3 is 2.43 bits per heavy atom. The van der Waals surface area contributed by atoms with Crippen molar-refractivity contribution in [2.45, 2.75) is 25.7 Å². The highest BCUT2D eigenvalue weighted by Crippen LogP contribution is 2.33. The molecule has 0 aliphatic rings. The Kier molecular flexibility index (Phi) is 4.46. The van der Waals surface area contributed by atoms with E-state index in [1.54, 1.807) is 6.92 Å². The van der Waals surface area contributed by atoms with Crippen LogP contribution < -0.4 is 10.1 Å². The number of alkyl halides is 3. The fraction of sp³-hybridized carbons (Fsp3) is 0.385. The van der Waals surface area contributed by atoms with E-state index in [9.17, 15) is 13.2 Å². The summed E-state index contributed by atoms with van der Waals surface area (Å²) < 4.78 is 49.1. The highest BCUT2D eigenvalue weighted by molar-refractivity contribution is 5.29. The summed E-state index contributed by atoms with van der Waals surface area (Å²) in [5.41, 5.74) is 0.0829. The van der Waals surface area contributed by atoms with Crippen molar-refractivity contribution in [2.24, 2.45) is 0 Å². The molecular weight excluding hydrogens is 287 g/mol. The van der Waals surface area contributed by atoms with Gasteiger partial charge in [-0.05, 0) is 24.6 Å². The van der Waals surface area contributed by atoms with Crippen molar-refractivity contribution in [3.05, 3.63) is 41.5 Å². The first-order valence-corrected chi connectivity index (χ1v) is 6.13. The largest absolute Gasteiger partial charge is 0.497 e. The van der Waals surface area contributed by atoms with Gasteiger partial charge >= 0.3 is 6.18 Å². The molecule has 1 atom stereocenters. The van der Waals surface area contributed by atoms with Gasteiger partial charge in [-0.2, -0.15) is 18.2 Å². The van der Waals surface area contributed by atoms with Gasteiger partial charge in [-0.3, -0.25) is 5.32 Å². The van der Waals surface area contributed by atoms with Gasteiger partial charge in [0.2, 0.25) is 5.89 Å². The van der Waals surface area contributed by atoms with Gasteiger partial charge in [0.15, 0.2) is 5.82 Å². The quantitative estimate of drug-likeness (QED) is 0.920. The first-order valence-electron chi connectivity index (χ1n) is 6.13. The maximum atomic E-state index is 13.1. The van der Waals surface area contributed by atoms with Crippen molar-refractivity contribution in [1.82, 2.24) is 15.5 Å². The lowest BCUT2D eigenvalue weighted by atomic mass is 10.1. The summed E-state index contributed by atoms with van der Waals surface area (Å²) in [7, 11) is 1.45. The molecular formula is C13H14F3N3O2. The molecule has 0 fully saturated rings. The van der Waals surface area contributed by atoms with Crippen molar-refractivity contribution in [1.29, 1.82) is 0 Å². The van der Waals surface area contributed by atoms with Gasteiger partial charge < -0.3 is 9.26 Å². The molecule has 1 aromatic carbocycles. The van der Waals surface area contributed by atoms with E-state index < -0.39 is 12.2 Å². The Labute approximate surface area is 119 Å². The molecule has 1 N–H and O–H groups in total. The van der Waals surface area contributed by atoms with E-state index in [0.29, 0.717) is 11.6 Å². The predicted octanol–water partition coefficient (Wildman–Crippen LogP) is 2.78. The van der Waals surface area contributed by atoms with Crippen LogP contribution >= 0.6 is 0 Å². The summed E-state index contributed by atoms with van der Waals surface area (Å²) in [4.78, 5) is 3.86. The second kappa shape index (κ2) is 6.13. The molecule has 1 heterocycles. The maximum Gasteiger partial charge on any atom is 0.407 e. The minimum atomic E-state index is -4.44. The summed E-state index contributed by atoms with van der Waals surface area (Å²) in [5, 5.41) is 5.91. The van der Waals surface area contributed by atoms with Crippen molar-refractivity contribution in [2.75, 3.05) is 7.11 Å². The van der Waals surface area contributed by atoms with E-state index >= 15 is 0 Å². The molecule has 0 radical (unpaired) electrons.